The fourth-order valence-electron chi connectivity index (χ4n) is 4.27. The number of aromatic nitrogens is 1. The number of oxazole rings is 1. The predicted molar refractivity (Wildman–Crippen MR) is 115 cm³/mol. The summed E-state index contributed by atoms with van der Waals surface area (Å²) in [4.78, 5) is 33.3. The molecule has 2 N–H and O–H groups in total. The van der Waals surface area contributed by atoms with E-state index in [1.54, 1.807) is 6.92 Å². The van der Waals surface area contributed by atoms with Crippen molar-refractivity contribution >= 4 is 11.9 Å². The van der Waals surface area contributed by atoms with Crippen LogP contribution in [0.25, 0.3) is 0 Å². The van der Waals surface area contributed by atoms with Crippen LogP contribution in [0.1, 0.15) is 91.4 Å². The quantitative estimate of drug-likeness (QED) is 0.480. The average molecular weight is 429 g/mol. The molecule has 1 aromatic heterocycles. The lowest BCUT2D eigenvalue weighted by molar-refractivity contribution is -0.135. The summed E-state index contributed by atoms with van der Waals surface area (Å²) in [5.74, 6) is -0.346. The zero-order valence-electron chi connectivity index (χ0n) is 18.1. The van der Waals surface area contributed by atoms with Crippen LogP contribution in [0.3, 0.4) is 0 Å². The highest BCUT2D eigenvalue weighted by Gasteiger charge is 2.25. The zero-order valence-corrected chi connectivity index (χ0v) is 18.1. The van der Waals surface area contributed by atoms with Gasteiger partial charge in [0.05, 0.1) is 6.61 Å². The summed E-state index contributed by atoms with van der Waals surface area (Å²) < 4.78 is 5.64. The summed E-state index contributed by atoms with van der Waals surface area (Å²) in [6.45, 7) is 1.86. The molecule has 2 aromatic rings. The molecule has 1 aliphatic carbocycles. The number of carboxylic acid groups (broad SMARTS) is 1. The molecule has 1 aliphatic rings. The van der Waals surface area contributed by atoms with Gasteiger partial charge in [-0.3, -0.25) is 9.63 Å². The number of aromatic carboxylic acids is 1. The lowest BCUT2D eigenvalue weighted by Crippen LogP contribution is -2.25. The molecule has 0 radical (unpaired) electrons. The van der Waals surface area contributed by atoms with Crippen LogP contribution in [0.15, 0.2) is 34.7 Å². The Kier molecular flexibility index (Phi) is 8.64. The molecule has 1 aromatic carbocycles. The molecule has 1 heterocycles. The number of benzene rings is 1. The van der Waals surface area contributed by atoms with Gasteiger partial charge in [0.1, 0.15) is 5.76 Å². The maximum Gasteiger partial charge on any atom is 0.358 e. The standard InChI is InChI=1S/C24H32N2O5/c1-17-22(24(28)29)25-23(31-17)20(14-8-13-18-9-4-2-5-10-18)15-21(27)26-30-16-19-11-6-3-7-12-19/h3,6-7,11-12,18,20H,2,4-5,8-10,13-16H2,1H3,(H,26,27)(H,28,29). The van der Waals surface area contributed by atoms with E-state index in [1.807, 2.05) is 30.3 Å². The number of nitrogens with zero attached hydrogens (tertiary/aromatic N) is 1. The number of rotatable bonds is 11. The van der Waals surface area contributed by atoms with E-state index in [0.717, 1.165) is 30.7 Å². The molecule has 0 bridgehead atoms. The normalized spacial score (nSPS) is 15.5. The molecule has 1 atom stereocenters. The number of hydrogen-bond acceptors (Lipinski definition) is 5. The first-order valence-electron chi connectivity index (χ1n) is 11.2. The predicted octanol–water partition coefficient (Wildman–Crippen LogP) is 5.15. The molecular formula is C24H32N2O5. The zero-order chi connectivity index (χ0) is 22.1. The van der Waals surface area contributed by atoms with Crippen molar-refractivity contribution in [1.82, 2.24) is 10.5 Å². The first-order chi connectivity index (χ1) is 15.0. The summed E-state index contributed by atoms with van der Waals surface area (Å²) in [6.07, 6.45) is 9.42. The maximum absolute atomic E-state index is 12.5. The molecular weight excluding hydrogens is 396 g/mol. The molecule has 1 amide bonds. The number of hydrogen-bond donors (Lipinski definition) is 2. The van der Waals surface area contributed by atoms with Crippen LogP contribution in [-0.4, -0.2) is 22.0 Å². The SMILES string of the molecule is Cc1oc(C(CCCC2CCCCC2)CC(=O)NOCc2ccccc2)nc1C(=O)O. The van der Waals surface area contributed by atoms with Crippen LogP contribution < -0.4 is 5.48 Å². The Morgan fingerprint density at radius 2 is 1.97 bits per heavy atom. The Labute approximate surface area is 183 Å². The van der Waals surface area contributed by atoms with Gasteiger partial charge in [-0.2, -0.15) is 0 Å². The van der Waals surface area contributed by atoms with Crippen molar-refractivity contribution < 1.29 is 24.0 Å². The van der Waals surface area contributed by atoms with Crippen molar-refractivity contribution in [3.63, 3.8) is 0 Å². The highest BCUT2D eigenvalue weighted by molar-refractivity contribution is 5.86. The summed E-state index contributed by atoms with van der Waals surface area (Å²) in [5.41, 5.74) is 3.36. The van der Waals surface area contributed by atoms with Crippen LogP contribution in [0.2, 0.25) is 0 Å². The third kappa shape index (κ3) is 7.21. The Bertz CT molecular complexity index is 843. The van der Waals surface area contributed by atoms with Crippen molar-refractivity contribution in [1.29, 1.82) is 0 Å². The van der Waals surface area contributed by atoms with Crippen LogP contribution >= 0.6 is 0 Å². The highest BCUT2D eigenvalue weighted by Crippen LogP contribution is 2.31. The summed E-state index contributed by atoms with van der Waals surface area (Å²) in [6, 6.07) is 9.58. The Hall–Kier alpha value is -2.67. The van der Waals surface area contributed by atoms with E-state index in [-0.39, 0.29) is 36.3 Å². The third-order valence-corrected chi connectivity index (χ3v) is 5.95. The molecule has 0 saturated heterocycles. The van der Waals surface area contributed by atoms with Crippen molar-refractivity contribution in [2.45, 2.75) is 77.2 Å². The second-order valence-electron chi connectivity index (χ2n) is 8.40. The number of carbonyl (C=O) groups is 2. The van der Waals surface area contributed by atoms with E-state index in [9.17, 15) is 14.7 Å². The second-order valence-corrected chi connectivity index (χ2v) is 8.40. The van der Waals surface area contributed by atoms with Crippen molar-refractivity contribution in [3.8, 4) is 0 Å². The minimum absolute atomic E-state index is 0.0898. The Balaban J connectivity index is 1.56. The van der Waals surface area contributed by atoms with E-state index in [0.29, 0.717) is 5.89 Å². The third-order valence-electron chi connectivity index (χ3n) is 5.95. The largest absolute Gasteiger partial charge is 0.476 e. The number of aryl methyl sites for hydroxylation is 1. The fraction of sp³-hybridized carbons (Fsp3) is 0.542. The van der Waals surface area contributed by atoms with Crippen molar-refractivity contribution in [2.75, 3.05) is 0 Å². The molecule has 1 fully saturated rings. The molecule has 0 aliphatic heterocycles. The van der Waals surface area contributed by atoms with Gasteiger partial charge in [-0.25, -0.2) is 15.3 Å². The second kappa shape index (κ2) is 11.6. The van der Waals surface area contributed by atoms with Crippen LogP contribution in [0.5, 0.6) is 0 Å². The van der Waals surface area contributed by atoms with E-state index in [1.165, 1.54) is 32.1 Å². The van der Waals surface area contributed by atoms with Crippen molar-refractivity contribution in [3.05, 3.63) is 53.2 Å². The number of nitrogens with one attached hydrogen (secondary N) is 1. The minimum atomic E-state index is -1.12. The van der Waals surface area contributed by atoms with E-state index in [4.69, 9.17) is 9.25 Å². The van der Waals surface area contributed by atoms with E-state index < -0.39 is 5.97 Å². The molecule has 7 nitrogen and oxygen atoms in total. The van der Waals surface area contributed by atoms with Gasteiger partial charge in [0.2, 0.25) is 5.91 Å². The topological polar surface area (TPSA) is 102 Å². The molecule has 0 spiro atoms. The lowest BCUT2D eigenvalue weighted by Gasteiger charge is -2.22. The molecule has 3 rings (SSSR count). The highest BCUT2D eigenvalue weighted by atomic mass is 16.6. The van der Waals surface area contributed by atoms with E-state index in [2.05, 4.69) is 10.5 Å². The van der Waals surface area contributed by atoms with Gasteiger partial charge in [-0.15, -0.1) is 0 Å². The van der Waals surface area contributed by atoms with Crippen LogP contribution in [0, 0.1) is 12.8 Å². The number of hydroxylamine groups is 1. The fourth-order valence-corrected chi connectivity index (χ4v) is 4.27. The van der Waals surface area contributed by atoms with Gasteiger partial charge >= 0.3 is 5.97 Å². The van der Waals surface area contributed by atoms with Gasteiger partial charge in [0.25, 0.3) is 0 Å². The number of amides is 1. The Morgan fingerprint density at radius 3 is 2.65 bits per heavy atom. The first kappa shape index (κ1) is 23.0. The van der Waals surface area contributed by atoms with Gasteiger partial charge in [0.15, 0.2) is 11.6 Å². The minimum Gasteiger partial charge on any atom is -0.476 e. The van der Waals surface area contributed by atoms with Crippen LogP contribution in [0.4, 0.5) is 0 Å². The van der Waals surface area contributed by atoms with E-state index >= 15 is 0 Å². The molecule has 1 saturated carbocycles. The summed E-state index contributed by atoms with van der Waals surface area (Å²) >= 11 is 0. The van der Waals surface area contributed by atoms with Gasteiger partial charge in [-0.1, -0.05) is 75.3 Å². The van der Waals surface area contributed by atoms with Crippen molar-refractivity contribution in [2.24, 2.45) is 5.92 Å². The van der Waals surface area contributed by atoms with Crippen LogP contribution in [-0.2, 0) is 16.2 Å². The smallest absolute Gasteiger partial charge is 0.358 e. The monoisotopic (exact) mass is 428 g/mol. The summed E-state index contributed by atoms with van der Waals surface area (Å²) in [5, 5.41) is 9.29. The van der Waals surface area contributed by atoms with Gasteiger partial charge in [0, 0.05) is 12.3 Å². The Morgan fingerprint density at radius 1 is 1.23 bits per heavy atom. The first-order valence-corrected chi connectivity index (χ1v) is 11.2. The molecule has 31 heavy (non-hydrogen) atoms. The lowest BCUT2D eigenvalue weighted by atomic mass is 9.84. The summed E-state index contributed by atoms with van der Waals surface area (Å²) in [7, 11) is 0. The average Bonchev–Trinajstić information content (AvgIpc) is 3.16. The number of carbonyl (C=O) groups excluding carboxylic acids is 1. The molecule has 168 valence electrons. The van der Waals surface area contributed by atoms with Gasteiger partial charge in [-0.05, 0) is 24.8 Å². The van der Waals surface area contributed by atoms with Gasteiger partial charge < -0.3 is 9.52 Å². The number of carboxylic acids is 1. The molecule has 7 heteroatoms. The molecule has 1 unspecified atom stereocenters. The maximum atomic E-state index is 12.5.